The SMILES string of the molecule is CCCCCCCCCCCCCCCCCC(=O)NC(CCCCN)C(=O)NCCCCCCCCCCCC.Cl. The largest absolute Gasteiger partial charge is 0.354 e. The molecule has 0 aromatic heterocycles. The lowest BCUT2D eigenvalue weighted by molar-refractivity contribution is -0.129. The van der Waals surface area contributed by atoms with Gasteiger partial charge in [0.05, 0.1) is 0 Å². The van der Waals surface area contributed by atoms with Crippen LogP contribution in [0.1, 0.15) is 200 Å². The highest BCUT2D eigenvalue weighted by Crippen LogP contribution is 2.14. The molecule has 0 saturated carbocycles. The Balaban J connectivity index is 0. The van der Waals surface area contributed by atoms with Crippen LogP contribution in [-0.2, 0) is 9.59 Å². The first-order valence-corrected chi connectivity index (χ1v) is 18.4. The van der Waals surface area contributed by atoms with Gasteiger partial charge in [-0.3, -0.25) is 9.59 Å². The zero-order valence-corrected chi connectivity index (χ0v) is 29.1. The minimum atomic E-state index is -0.423. The van der Waals surface area contributed by atoms with Crippen LogP contribution in [0.5, 0.6) is 0 Å². The van der Waals surface area contributed by atoms with Crippen LogP contribution in [0.3, 0.4) is 0 Å². The smallest absolute Gasteiger partial charge is 0.242 e. The zero-order valence-electron chi connectivity index (χ0n) is 28.3. The van der Waals surface area contributed by atoms with Gasteiger partial charge in [0.2, 0.25) is 11.8 Å². The molecular formula is C36H74ClN3O2. The molecule has 0 aliphatic carbocycles. The minimum Gasteiger partial charge on any atom is -0.354 e. The number of nitrogens with one attached hydrogen (secondary N) is 2. The van der Waals surface area contributed by atoms with E-state index in [4.69, 9.17) is 5.73 Å². The Morgan fingerprint density at radius 2 is 0.905 bits per heavy atom. The average molecular weight is 616 g/mol. The van der Waals surface area contributed by atoms with E-state index in [0.29, 0.717) is 25.9 Å². The maximum Gasteiger partial charge on any atom is 0.242 e. The van der Waals surface area contributed by atoms with E-state index in [2.05, 4.69) is 24.5 Å². The fourth-order valence-corrected chi connectivity index (χ4v) is 5.63. The Morgan fingerprint density at radius 1 is 0.524 bits per heavy atom. The first-order valence-electron chi connectivity index (χ1n) is 18.4. The molecule has 4 N–H and O–H groups in total. The maximum atomic E-state index is 12.8. The Kier molecular flexibility index (Phi) is 37.5. The molecule has 2 amide bonds. The van der Waals surface area contributed by atoms with Gasteiger partial charge in [0.15, 0.2) is 0 Å². The number of rotatable bonds is 33. The minimum absolute atomic E-state index is 0. The molecular weight excluding hydrogens is 542 g/mol. The predicted octanol–water partition coefficient (Wildman–Crippen LogP) is 10.3. The summed E-state index contributed by atoms with van der Waals surface area (Å²) in [5.41, 5.74) is 5.65. The van der Waals surface area contributed by atoms with E-state index in [1.165, 1.54) is 141 Å². The number of carbonyl (C=O) groups excluding carboxylic acids is 2. The fraction of sp³-hybridized carbons (Fsp3) is 0.944. The van der Waals surface area contributed by atoms with E-state index in [9.17, 15) is 9.59 Å². The van der Waals surface area contributed by atoms with Crippen LogP contribution in [0.2, 0.25) is 0 Å². The van der Waals surface area contributed by atoms with Crippen LogP contribution in [-0.4, -0.2) is 30.9 Å². The zero-order chi connectivity index (χ0) is 30.1. The molecule has 5 nitrogen and oxygen atoms in total. The first kappa shape index (κ1) is 43.3. The van der Waals surface area contributed by atoms with Crippen LogP contribution in [0.15, 0.2) is 0 Å². The summed E-state index contributed by atoms with van der Waals surface area (Å²) in [7, 11) is 0. The van der Waals surface area contributed by atoms with Crippen LogP contribution in [0.4, 0.5) is 0 Å². The summed E-state index contributed by atoms with van der Waals surface area (Å²) < 4.78 is 0. The van der Waals surface area contributed by atoms with Gasteiger partial charge in [0, 0.05) is 13.0 Å². The molecule has 1 unspecified atom stereocenters. The number of hydrogen-bond acceptors (Lipinski definition) is 3. The first-order chi connectivity index (χ1) is 20.2. The van der Waals surface area contributed by atoms with Gasteiger partial charge in [-0.2, -0.15) is 0 Å². The third-order valence-corrected chi connectivity index (χ3v) is 8.44. The topological polar surface area (TPSA) is 84.2 Å². The molecule has 0 heterocycles. The standard InChI is InChI=1S/C36H73N3O2.ClH/c1-3-5-7-9-11-13-15-16-17-18-19-20-22-24-26-31-35(40)39-34(30-27-28-32-37)36(41)38-33-29-25-23-21-14-12-10-8-6-4-2;/h34H,3-33,37H2,1-2H3,(H,38,41)(H,39,40);1H. The second-order valence-electron chi connectivity index (χ2n) is 12.6. The van der Waals surface area contributed by atoms with Crippen molar-refractivity contribution in [2.75, 3.05) is 13.1 Å². The predicted molar refractivity (Wildman–Crippen MR) is 186 cm³/mol. The van der Waals surface area contributed by atoms with Crippen molar-refractivity contribution in [1.29, 1.82) is 0 Å². The van der Waals surface area contributed by atoms with Gasteiger partial charge in [-0.1, -0.05) is 162 Å². The molecule has 0 radical (unpaired) electrons. The molecule has 6 heteroatoms. The lowest BCUT2D eigenvalue weighted by atomic mass is 10.0. The van der Waals surface area contributed by atoms with E-state index in [1.54, 1.807) is 0 Å². The van der Waals surface area contributed by atoms with Crippen molar-refractivity contribution in [3.8, 4) is 0 Å². The number of amides is 2. The normalized spacial score (nSPS) is 11.7. The summed E-state index contributed by atoms with van der Waals surface area (Å²) in [6.45, 7) is 5.87. The summed E-state index contributed by atoms with van der Waals surface area (Å²) in [5, 5.41) is 6.10. The van der Waals surface area contributed by atoms with Gasteiger partial charge in [0.25, 0.3) is 0 Å². The van der Waals surface area contributed by atoms with Crippen molar-refractivity contribution in [3.63, 3.8) is 0 Å². The molecule has 1 atom stereocenters. The van der Waals surface area contributed by atoms with Crippen molar-refractivity contribution in [2.24, 2.45) is 5.73 Å². The average Bonchev–Trinajstić information content (AvgIpc) is 2.97. The molecule has 0 aromatic carbocycles. The fourth-order valence-electron chi connectivity index (χ4n) is 5.63. The summed E-state index contributed by atoms with van der Waals surface area (Å²) >= 11 is 0. The van der Waals surface area contributed by atoms with Crippen molar-refractivity contribution in [3.05, 3.63) is 0 Å². The number of nitrogens with two attached hydrogens (primary N) is 1. The van der Waals surface area contributed by atoms with E-state index < -0.39 is 6.04 Å². The highest BCUT2D eigenvalue weighted by molar-refractivity contribution is 5.87. The van der Waals surface area contributed by atoms with E-state index in [-0.39, 0.29) is 24.2 Å². The molecule has 0 aliphatic heterocycles. The summed E-state index contributed by atoms with van der Waals surface area (Å²) in [4.78, 5) is 25.4. The molecule has 0 aromatic rings. The summed E-state index contributed by atoms with van der Waals surface area (Å²) in [5.74, 6) is -0.00526. The number of unbranched alkanes of at least 4 members (excludes halogenated alkanes) is 24. The van der Waals surface area contributed by atoms with Crippen LogP contribution < -0.4 is 16.4 Å². The third-order valence-electron chi connectivity index (χ3n) is 8.44. The molecule has 0 bridgehead atoms. The highest BCUT2D eigenvalue weighted by Gasteiger charge is 2.19. The van der Waals surface area contributed by atoms with Gasteiger partial charge >= 0.3 is 0 Å². The molecule has 252 valence electrons. The van der Waals surface area contributed by atoms with E-state index in [1.807, 2.05) is 0 Å². The van der Waals surface area contributed by atoms with Gasteiger partial charge < -0.3 is 16.4 Å². The van der Waals surface area contributed by atoms with Gasteiger partial charge in [-0.05, 0) is 38.6 Å². The Morgan fingerprint density at radius 3 is 1.31 bits per heavy atom. The number of carbonyl (C=O) groups is 2. The molecule has 0 saturated heterocycles. The molecule has 0 fully saturated rings. The molecule has 0 aliphatic rings. The van der Waals surface area contributed by atoms with Crippen molar-refractivity contribution >= 4 is 24.2 Å². The number of halogens is 1. The van der Waals surface area contributed by atoms with Gasteiger partial charge in [-0.25, -0.2) is 0 Å². The third kappa shape index (κ3) is 32.1. The highest BCUT2D eigenvalue weighted by atomic mass is 35.5. The van der Waals surface area contributed by atoms with Crippen molar-refractivity contribution < 1.29 is 9.59 Å². The molecule has 42 heavy (non-hydrogen) atoms. The van der Waals surface area contributed by atoms with Gasteiger partial charge in [0.1, 0.15) is 6.04 Å². The maximum absolute atomic E-state index is 12.8. The second kappa shape index (κ2) is 36.4. The van der Waals surface area contributed by atoms with Crippen LogP contribution in [0.25, 0.3) is 0 Å². The lowest BCUT2D eigenvalue weighted by Crippen LogP contribution is -2.47. The Labute approximate surface area is 268 Å². The Hall–Kier alpha value is -0.810. The van der Waals surface area contributed by atoms with Gasteiger partial charge in [-0.15, -0.1) is 12.4 Å². The monoisotopic (exact) mass is 616 g/mol. The van der Waals surface area contributed by atoms with Crippen molar-refractivity contribution in [1.82, 2.24) is 10.6 Å². The quantitative estimate of drug-likeness (QED) is 0.0642. The molecule has 0 spiro atoms. The van der Waals surface area contributed by atoms with E-state index in [0.717, 1.165) is 32.1 Å². The van der Waals surface area contributed by atoms with Crippen LogP contribution >= 0.6 is 12.4 Å². The van der Waals surface area contributed by atoms with Crippen molar-refractivity contribution in [2.45, 2.75) is 206 Å². The number of hydrogen-bond donors (Lipinski definition) is 3. The Bertz CT molecular complexity index is 562. The molecule has 0 rings (SSSR count). The summed E-state index contributed by atoms with van der Waals surface area (Å²) in [6.07, 6.45) is 35.6. The summed E-state index contributed by atoms with van der Waals surface area (Å²) in [6, 6.07) is -0.423. The lowest BCUT2D eigenvalue weighted by Gasteiger charge is -2.18. The van der Waals surface area contributed by atoms with Crippen LogP contribution in [0, 0.1) is 0 Å². The van der Waals surface area contributed by atoms with E-state index >= 15 is 0 Å². The second-order valence-corrected chi connectivity index (χ2v) is 12.6.